The number of hydrogen-bond donors (Lipinski definition) is 1. The van der Waals surface area contributed by atoms with Gasteiger partial charge in [-0.2, -0.15) is 0 Å². The van der Waals surface area contributed by atoms with Gasteiger partial charge < -0.3 is 14.8 Å². The van der Waals surface area contributed by atoms with Crippen molar-refractivity contribution < 1.29 is 14.3 Å². The van der Waals surface area contributed by atoms with Crippen LogP contribution < -0.4 is 10.1 Å². The lowest BCUT2D eigenvalue weighted by Crippen LogP contribution is -2.16. The fourth-order valence-corrected chi connectivity index (χ4v) is 2.98. The van der Waals surface area contributed by atoms with E-state index in [2.05, 4.69) is 27.9 Å². The smallest absolute Gasteiger partial charge is 0.255 e. The summed E-state index contributed by atoms with van der Waals surface area (Å²) < 4.78 is 12.3. The van der Waals surface area contributed by atoms with E-state index < -0.39 is 0 Å². The molecule has 1 aliphatic rings. The first-order valence-electron chi connectivity index (χ1n) is 7.62. The quantitative estimate of drug-likeness (QED) is 0.737. The van der Waals surface area contributed by atoms with Crippen molar-refractivity contribution in [2.24, 2.45) is 0 Å². The highest BCUT2D eigenvalue weighted by molar-refractivity contribution is 14.1. The number of ether oxygens (including phenoxy) is 2. The van der Waals surface area contributed by atoms with E-state index in [1.165, 1.54) is 0 Å². The topological polar surface area (TPSA) is 47.6 Å². The molecule has 1 heterocycles. The van der Waals surface area contributed by atoms with Crippen molar-refractivity contribution >= 4 is 34.2 Å². The number of hydrogen-bond acceptors (Lipinski definition) is 3. The molecule has 2 aromatic rings. The zero-order chi connectivity index (χ0) is 16.1. The SMILES string of the molecule is O=C(Nc1cccc(I)c1)c1ccc(OC[C@@H]2CCCO2)cc1. The van der Waals surface area contributed by atoms with Crippen LogP contribution in [-0.4, -0.2) is 25.2 Å². The molecule has 0 unspecified atom stereocenters. The molecule has 1 fully saturated rings. The molecule has 2 aromatic carbocycles. The van der Waals surface area contributed by atoms with Crippen LogP contribution in [0.25, 0.3) is 0 Å². The lowest BCUT2D eigenvalue weighted by molar-refractivity contribution is 0.0679. The number of amides is 1. The van der Waals surface area contributed by atoms with Crippen LogP contribution in [0.1, 0.15) is 23.2 Å². The van der Waals surface area contributed by atoms with Crippen molar-refractivity contribution in [2.45, 2.75) is 18.9 Å². The van der Waals surface area contributed by atoms with Gasteiger partial charge in [-0.15, -0.1) is 0 Å². The van der Waals surface area contributed by atoms with Crippen LogP contribution in [0.2, 0.25) is 0 Å². The molecule has 0 bridgehead atoms. The van der Waals surface area contributed by atoms with Gasteiger partial charge in [-0.1, -0.05) is 6.07 Å². The number of carbonyl (C=O) groups excluding carboxylic acids is 1. The number of halogens is 1. The number of nitrogens with one attached hydrogen (secondary N) is 1. The molecule has 0 saturated carbocycles. The summed E-state index contributed by atoms with van der Waals surface area (Å²) in [5.41, 5.74) is 1.40. The average molecular weight is 423 g/mol. The second-order valence-corrected chi connectivity index (χ2v) is 6.68. The molecular formula is C18H18INO3. The minimum atomic E-state index is -0.127. The van der Waals surface area contributed by atoms with E-state index in [0.29, 0.717) is 12.2 Å². The Morgan fingerprint density at radius 2 is 2.09 bits per heavy atom. The van der Waals surface area contributed by atoms with Gasteiger partial charge >= 0.3 is 0 Å². The summed E-state index contributed by atoms with van der Waals surface area (Å²) in [6.07, 6.45) is 2.35. The van der Waals surface area contributed by atoms with Crippen LogP contribution in [0.4, 0.5) is 5.69 Å². The van der Waals surface area contributed by atoms with E-state index in [9.17, 15) is 4.79 Å². The lowest BCUT2D eigenvalue weighted by atomic mass is 10.2. The Morgan fingerprint density at radius 1 is 1.26 bits per heavy atom. The van der Waals surface area contributed by atoms with Gasteiger partial charge in [0, 0.05) is 21.4 Å². The monoisotopic (exact) mass is 423 g/mol. The molecule has 1 aliphatic heterocycles. The maximum absolute atomic E-state index is 12.2. The first-order chi connectivity index (χ1) is 11.2. The van der Waals surface area contributed by atoms with Gasteiger partial charge in [-0.3, -0.25) is 4.79 Å². The highest BCUT2D eigenvalue weighted by atomic mass is 127. The van der Waals surface area contributed by atoms with E-state index in [-0.39, 0.29) is 12.0 Å². The predicted molar refractivity (Wildman–Crippen MR) is 98.0 cm³/mol. The Labute approximate surface area is 149 Å². The van der Waals surface area contributed by atoms with Gasteiger partial charge in [0.1, 0.15) is 12.4 Å². The van der Waals surface area contributed by atoms with Gasteiger partial charge in [-0.05, 0) is 77.9 Å². The van der Waals surface area contributed by atoms with Crippen LogP contribution in [0.3, 0.4) is 0 Å². The van der Waals surface area contributed by atoms with E-state index in [1.807, 2.05) is 36.4 Å². The summed E-state index contributed by atoms with van der Waals surface area (Å²) >= 11 is 2.22. The van der Waals surface area contributed by atoms with E-state index in [4.69, 9.17) is 9.47 Å². The van der Waals surface area contributed by atoms with Crippen LogP contribution >= 0.6 is 22.6 Å². The Kier molecular flexibility index (Phi) is 5.51. The molecule has 0 radical (unpaired) electrons. The van der Waals surface area contributed by atoms with E-state index in [0.717, 1.165) is 34.5 Å². The van der Waals surface area contributed by atoms with Crippen LogP contribution in [0.5, 0.6) is 5.75 Å². The molecule has 1 saturated heterocycles. The van der Waals surface area contributed by atoms with Gasteiger partial charge in [0.2, 0.25) is 0 Å². The zero-order valence-corrected chi connectivity index (χ0v) is 14.8. The van der Waals surface area contributed by atoms with Crippen LogP contribution in [0, 0.1) is 3.57 Å². The summed E-state index contributed by atoms with van der Waals surface area (Å²) in [5.74, 6) is 0.629. The van der Waals surface area contributed by atoms with Gasteiger partial charge in [0.15, 0.2) is 0 Å². The van der Waals surface area contributed by atoms with Crippen LogP contribution in [0.15, 0.2) is 48.5 Å². The number of anilines is 1. The summed E-state index contributed by atoms with van der Waals surface area (Å²) in [7, 11) is 0. The largest absolute Gasteiger partial charge is 0.491 e. The second kappa shape index (κ2) is 7.79. The Bertz CT molecular complexity index is 666. The van der Waals surface area contributed by atoms with Gasteiger partial charge in [0.05, 0.1) is 6.10 Å². The Morgan fingerprint density at radius 3 is 2.78 bits per heavy atom. The van der Waals surface area contributed by atoms with Crippen molar-refractivity contribution in [3.8, 4) is 5.75 Å². The molecule has 23 heavy (non-hydrogen) atoms. The standard InChI is InChI=1S/C18H18INO3/c19-14-3-1-4-15(11-14)20-18(21)13-6-8-16(9-7-13)23-12-17-5-2-10-22-17/h1,3-4,6-9,11,17H,2,5,10,12H2,(H,20,21)/t17-/m0/s1. The average Bonchev–Trinajstić information content (AvgIpc) is 3.07. The normalized spacial score (nSPS) is 17.0. The highest BCUT2D eigenvalue weighted by Gasteiger charge is 2.16. The third-order valence-corrected chi connectivity index (χ3v) is 4.33. The lowest BCUT2D eigenvalue weighted by Gasteiger charge is -2.12. The third-order valence-electron chi connectivity index (χ3n) is 3.66. The fraction of sp³-hybridized carbons (Fsp3) is 0.278. The summed E-state index contributed by atoms with van der Waals surface area (Å²) in [4.78, 5) is 12.2. The summed E-state index contributed by atoms with van der Waals surface area (Å²) in [5, 5.41) is 2.89. The predicted octanol–water partition coefficient (Wildman–Crippen LogP) is 4.10. The number of carbonyl (C=O) groups is 1. The molecule has 5 heteroatoms. The molecule has 0 aliphatic carbocycles. The minimum absolute atomic E-state index is 0.127. The van der Waals surface area contributed by atoms with Gasteiger partial charge in [0.25, 0.3) is 5.91 Å². The first kappa shape index (κ1) is 16.3. The van der Waals surface area contributed by atoms with Crippen molar-refractivity contribution in [1.29, 1.82) is 0 Å². The minimum Gasteiger partial charge on any atom is -0.491 e. The first-order valence-corrected chi connectivity index (χ1v) is 8.70. The summed E-state index contributed by atoms with van der Waals surface area (Å²) in [6, 6.07) is 14.9. The second-order valence-electron chi connectivity index (χ2n) is 5.43. The molecular weight excluding hydrogens is 405 g/mol. The molecule has 0 aromatic heterocycles. The van der Waals surface area contributed by atoms with Crippen molar-refractivity contribution in [1.82, 2.24) is 0 Å². The Balaban J connectivity index is 1.56. The molecule has 1 atom stereocenters. The van der Waals surface area contributed by atoms with Gasteiger partial charge in [-0.25, -0.2) is 0 Å². The number of rotatable bonds is 5. The van der Waals surface area contributed by atoms with E-state index >= 15 is 0 Å². The van der Waals surface area contributed by atoms with Crippen molar-refractivity contribution in [3.63, 3.8) is 0 Å². The van der Waals surface area contributed by atoms with Crippen molar-refractivity contribution in [2.75, 3.05) is 18.5 Å². The molecule has 0 spiro atoms. The molecule has 4 nitrogen and oxygen atoms in total. The Hall–Kier alpha value is -1.60. The van der Waals surface area contributed by atoms with Crippen LogP contribution in [-0.2, 0) is 4.74 Å². The fourth-order valence-electron chi connectivity index (χ4n) is 2.44. The number of benzene rings is 2. The maximum Gasteiger partial charge on any atom is 0.255 e. The molecule has 120 valence electrons. The molecule has 1 N–H and O–H groups in total. The van der Waals surface area contributed by atoms with Crippen molar-refractivity contribution in [3.05, 3.63) is 57.7 Å². The zero-order valence-electron chi connectivity index (χ0n) is 12.6. The third kappa shape index (κ3) is 4.68. The molecule has 1 amide bonds. The highest BCUT2D eigenvalue weighted by Crippen LogP contribution is 2.18. The summed E-state index contributed by atoms with van der Waals surface area (Å²) in [6.45, 7) is 1.39. The maximum atomic E-state index is 12.2. The molecule has 3 rings (SSSR count). The van der Waals surface area contributed by atoms with E-state index in [1.54, 1.807) is 12.1 Å².